The van der Waals surface area contributed by atoms with Crippen LogP contribution in [0.4, 0.5) is 4.39 Å². The molecule has 0 aliphatic carbocycles. The molecular formula is C14H9FOS. The highest BCUT2D eigenvalue weighted by molar-refractivity contribution is 7.17. The van der Waals surface area contributed by atoms with Crippen LogP contribution in [0.1, 0.15) is 0 Å². The maximum Gasteiger partial charge on any atom is 0.124 e. The van der Waals surface area contributed by atoms with E-state index >= 15 is 0 Å². The fourth-order valence-corrected chi connectivity index (χ4v) is 2.86. The standard InChI is InChI=1S/C14H9FOS/c15-10-4-5-13(16)12(8-10)11-3-1-2-9-6-7-17-14(9)11/h1-8,16H. The molecule has 1 N–H and O–H groups in total. The first-order chi connectivity index (χ1) is 8.25. The van der Waals surface area contributed by atoms with Crippen LogP contribution >= 0.6 is 11.3 Å². The lowest BCUT2D eigenvalue weighted by Crippen LogP contribution is -1.82. The molecule has 0 aliphatic heterocycles. The SMILES string of the molecule is Oc1ccc(F)cc1-c1cccc2ccsc12. The Morgan fingerprint density at radius 1 is 1.00 bits per heavy atom. The number of fused-ring (bicyclic) bond motifs is 1. The van der Waals surface area contributed by atoms with Gasteiger partial charge in [0.15, 0.2) is 0 Å². The van der Waals surface area contributed by atoms with Gasteiger partial charge < -0.3 is 5.11 Å². The van der Waals surface area contributed by atoms with Crippen LogP contribution in [0.15, 0.2) is 47.8 Å². The van der Waals surface area contributed by atoms with Gasteiger partial charge in [-0.1, -0.05) is 18.2 Å². The van der Waals surface area contributed by atoms with Crippen LogP contribution in [0.3, 0.4) is 0 Å². The second kappa shape index (κ2) is 3.86. The summed E-state index contributed by atoms with van der Waals surface area (Å²) in [6.07, 6.45) is 0. The van der Waals surface area contributed by atoms with Crippen LogP contribution in [-0.2, 0) is 0 Å². The average molecular weight is 244 g/mol. The molecular weight excluding hydrogens is 235 g/mol. The lowest BCUT2D eigenvalue weighted by Gasteiger charge is -2.06. The number of halogens is 1. The number of thiophene rings is 1. The van der Waals surface area contributed by atoms with Crippen molar-refractivity contribution in [2.45, 2.75) is 0 Å². The normalized spacial score (nSPS) is 10.9. The molecule has 3 rings (SSSR count). The summed E-state index contributed by atoms with van der Waals surface area (Å²) in [6, 6.07) is 11.8. The molecule has 2 aromatic carbocycles. The van der Waals surface area contributed by atoms with Crippen molar-refractivity contribution in [3.05, 3.63) is 53.7 Å². The summed E-state index contributed by atoms with van der Waals surface area (Å²) in [4.78, 5) is 0. The van der Waals surface area contributed by atoms with Crippen molar-refractivity contribution in [2.75, 3.05) is 0 Å². The van der Waals surface area contributed by atoms with Gasteiger partial charge >= 0.3 is 0 Å². The molecule has 0 radical (unpaired) electrons. The molecule has 0 spiro atoms. The molecule has 3 heteroatoms. The van der Waals surface area contributed by atoms with E-state index in [9.17, 15) is 9.50 Å². The van der Waals surface area contributed by atoms with Gasteiger partial charge in [-0.05, 0) is 35.0 Å². The van der Waals surface area contributed by atoms with Crippen LogP contribution in [0, 0.1) is 5.82 Å². The van der Waals surface area contributed by atoms with Crippen LogP contribution in [0.2, 0.25) is 0 Å². The highest BCUT2D eigenvalue weighted by Gasteiger charge is 2.09. The van der Waals surface area contributed by atoms with E-state index in [0.717, 1.165) is 15.6 Å². The van der Waals surface area contributed by atoms with Crippen LogP contribution in [0.5, 0.6) is 5.75 Å². The van der Waals surface area contributed by atoms with E-state index in [0.29, 0.717) is 5.56 Å². The molecule has 0 bridgehead atoms. The van der Waals surface area contributed by atoms with Crippen molar-refractivity contribution >= 4 is 21.4 Å². The van der Waals surface area contributed by atoms with Crippen LogP contribution in [0.25, 0.3) is 21.2 Å². The Kier molecular flexibility index (Phi) is 2.34. The summed E-state index contributed by atoms with van der Waals surface area (Å²) in [5.74, 6) is -0.237. The van der Waals surface area contributed by atoms with Gasteiger partial charge in [-0.25, -0.2) is 4.39 Å². The molecule has 1 nitrogen and oxygen atoms in total. The zero-order valence-corrected chi connectivity index (χ0v) is 9.67. The molecule has 3 aromatic rings. The van der Waals surface area contributed by atoms with Crippen molar-refractivity contribution in [3.8, 4) is 16.9 Å². The summed E-state index contributed by atoms with van der Waals surface area (Å²) in [5, 5.41) is 12.9. The van der Waals surface area contributed by atoms with E-state index in [-0.39, 0.29) is 11.6 Å². The van der Waals surface area contributed by atoms with Gasteiger partial charge in [0, 0.05) is 15.8 Å². The first-order valence-corrected chi connectivity index (χ1v) is 6.09. The maximum absolute atomic E-state index is 13.3. The van der Waals surface area contributed by atoms with Crippen molar-refractivity contribution in [1.29, 1.82) is 0 Å². The van der Waals surface area contributed by atoms with E-state index in [4.69, 9.17) is 0 Å². The van der Waals surface area contributed by atoms with Crippen LogP contribution in [-0.4, -0.2) is 5.11 Å². The molecule has 84 valence electrons. The Morgan fingerprint density at radius 3 is 2.76 bits per heavy atom. The smallest absolute Gasteiger partial charge is 0.124 e. The van der Waals surface area contributed by atoms with Gasteiger partial charge in [-0.3, -0.25) is 0 Å². The zero-order chi connectivity index (χ0) is 11.8. The van der Waals surface area contributed by atoms with Crippen molar-refractivity contribution in [3.63, 3.8) is 0 Å². The number of benzene rings is 2. The first-order valence-electron chi connectivity index (χ1n) is 5.21. The maximum atomic E-state index is 13.3. The van der Waals surface area contributed by atoms with E-state index < -0.39 is 0 Å². The fraction of sp³-hybridized carbons (Fsp3) is 0. The highest BCUT2D eigenvalue weighted by Crippen LogP contribution is 2.37. The zero-order valence-electron chi connectivity index (χ0n) is 8.85. The molecule has 0 aliphatic rings. The number of aromatic hydroxyl groups is 1. The van der Waals surface area contributed by atoms with Crippen molar-refractivity contribution in [1.82, 2.24) is 0 Å². The van der Waals surface area contributed by atoms with Gasteiger partial charge in [0.25, 0.3) is 0 Å². The number of phenolic OH excluding ortho intramolecular Hbond substituents is 1. The quantitative estimate of drug-likeness (QED) is 0.672. The minimum absolute atomic E-state index is 0.104. The van der Waals surface area contributed by atoms with Crippen molar-refractivity contribution < 1.29 is 9.50 Å². The summed E-state index contributed by atoms with van der Waals surface area (Å²) >= 11 is 1.59. The molecule has 0 saturated heterocycles. The molecule has 0 amide bonds. The fourth-order valence-electron chi connectivity index (χ4n) is 1.93. The molecule has 1 heterocycles. The Bertz CT molecular complexity index is 688. The number of phenols is 1. The third kappa shape index (κ3) is 1.68. The first kappa shape index (κ1) is 10.3. The van der Waals surface area contributed by atoms with E-state index in [1.165, 1.54) is 18.2 Å². The lowest BCUT2D eigenvalue weighted by atomic mass is 10.0. The predicted octanol–water partition coefficient (Wildman–Crippen LogP) is 4.41. The highest BCUT2D eigenvalue weighted by atomic mass is 32.1. The molecule has 0 unspecified atom stereocenters. The molecule has 0 saturated carbocycles. The number of rotatable bonds is 1. The summed E-state index contributed by atoms with van der Waals surface area (Å²) in [5.41, 5.74) is 1.41. The average Bonchev–Trinajstić information content (AvgIpc) is 2.80. The van der Waals surface area contributed by atoms with Crippen molar-refractivity contribution in [2.24, 2.45) is 0 Å². The summed E-state index contributed by atoms with van der Waals surface area (Å²) in [7, 11) is 0. The van der Waals surface area contributed by atoms with E-state index in [1.54, 1.807) is 11.3 Å². The second-order valence-corrected chi connectivity index (χ2v) is 4.72. The van der Waals surface area contributed by atoms with E-state index in [2.05, 4.69) is 0 Å². The van der Waals surface area contributed by atoms with Gasteiger partial charge in [0.1, 0.15) is 11.6 Å². The molecule has 0 fully saturated rings. The van der Waals surface area contributed by atoms with Gasteiger partial charge in [-0.15, -0.1) is 11.3 Å². The largest absolute Gasteiger partial charge is 0.507 e. The monoisotopic (exact) mass is 244 g/mol. The Balaban J connectivity index is 2.34. The molecule has 1 aromatic heterocycles. The number of hydrogen-bond donors (Lipinski definition) is 1. The second-order valence-electron chi connectivity index (χ2n) is 3.81. The third-order valence-corrected chi connectivity index (χ3v) is 3.69. The van der Waals surface area contributed by atoms with Crippen LogP contribution < -0.4 is 0 Å². The number of hydrogen-bond acceptors (Lipinski definition) is 2. The predicted molar refractivity (Wildman–Crippen MR) is 68.9 cm³/mol. The molecule has 0 atom stereocenters. The Morgan fingerprint density at radius 2 is 1.88 bits per heavy atom. The summed E-state index contributed by atoms with van der Waals surface area (Å²) in [6.45, 7) is 0. The van der Waals surface area contributed by atoms with Gasteiger partial charge in [-0.2, -0.15) is 0 Å². The summed E-state index contributed by atoms with van der Waals surface area (Å²) < 4.78 is 14.3. The minimum Gasteiger partial charge on any atom is -0.507 e. The minimum atomic E-state index is -0.341. The Labute approximate surface area is 102 Å². The topological polar surface area (TPSA) is 20.2 Å². The van der Waals surface area contributed by atoms with Gasteiger partial charge in [0.05, 0.1) is 0 Å². The Hall–Kier alpha value is -1.87. The third-order valence-electron chi connectivity index (χ3n) is 2.73. The lowest BCUT2D eigenvalue weighted by molar-refractivity contribution is 0.475. The molecule has 17 heavy (non-hydrogen) atoms. The van der Waals surface area contributed by atoms with E-state index in [1.807, 2.05) is 29.6 Å². The van der Waals surface area contributed by atoms with Gasteiger partial charge in [0.2, 0.25) is 0 Å².